The maximum atomic E-state index is 10.9. The molecule has 0 radical (unpaired) electrons. The van der Waals surface area contributed by atoms with E-state index in [2.05, 4.69) is 25.5 Å². The van der Waals surface area contributed by atoms with Crippen LogP contribution in [0.2, 0.25) is 0 Å². The molecular weight excluding hydrogens is 176 g/mol. The van der Waals surface area contributed by atoms with Crippen LogP contribution in [0.5, 0.6) is 0 Å². The van der Waals surface area contributed by atoms with Crippen LogP contribution in [-0.4, -0.2) is 13.1 Å². The fourth-order valence-corrected chi connectivity index (χ4v) is 1.88. The molecule has 0 heterocycles. The van der Waals surface area contributed by atoms with Gasteiger partial charge in [0.15, 0.2) is 0 Å². The van der Waals surface area contributed by atoms with Gasteiger partial charge in [-0.3, -0.25) is 4.79 Å². The van der Waals surface area contributed by atoms with Gasteiger partial charge in [-0.15, -0.1) is 0 Å². The molecule has 0 N–H and O–H groups in total. The lowest BCUT2D eigenvalue weighted by Gasteiger charge is -2.15. The van der Waals surface area contributed by atoms with Crippen molar-refractivity contribution in [3.63, 3.8) is 0 Å². The van der Waals surface area contributed by atoms with Crippen LogP contribution in [-0.2, 0) is 9.53 Å². The van der Waals surface area contributed by atoms with Crippen molar-refractivity contribution in [2.45, 2.75) is 52.9 Å². The maximum Gasteiger partial charge on any atom is 0.305 e. The van der Waals surface area contributed by atoms with Gasteiger partial charge in [-0.1, -0.05) is 33.6 Å². The van der Waals surface area contributed by atoms with Gasteiger partial charge < -0.3 is 4.74 Å². The van der Waals surface area contributed by atoms with Gasteiger partial charge in [-0.25, -0.2) is 0 Å². The predicted molar refractivity (Wildman–Crippen MR) is 59.1 cm³/mol. The van der Waals surface area contributed by atoms with E-state index >= 15 is 0 Å². The Balaban J connectivity index is 3.54. The minimum atomic E-state index is -0.0833. The molecule has 84 valence electrons. The molecule has 0 fully saturated rings. The molecule has 0 saturated heterocycles. The van der Waals surface area contributed by atoms with Gasteiger partial charge >= 0.3 is 5.97 Å². The summed E-state index contributed by atoms with van der Waals surface area (Å²) in [4.78, 5) is 10.9. The Morgan fingerprint density at radius 2 is 1.79 bits per heavy atom. The molecule has 0 spiro atoms. The van der Waals surface area contributed by atoms with Gasteiger partial charge in [0, 0.05) is 6.42 Å². The highest BCUT2D eigenvalue weighted by Crippen LogP contribution is 2.20. The molecule has 2 atom stereocenters. The number of carbonyl (C=O) groups excluding carboxylic acids is 1. The molecule has 0 aliphatic carbocycles. The summed E-state index contributed by atoms with van der Waals surface area (Å²) >= 11 is 0. The Labute approximate surface area is 88.0 Å². The molecule has 0 rings (SSSR count). The smallest absolute Gasteiger partial charge is 0.305 e. The molecule has 2 unspecified atom stereocenters. The second-order valence-corrected chi connectivity index (χ2v) is 4.35. The monoisotopic (exact) mass is 200 g/mol. The van der Waals surface area contributed by atoms with Crippen LogP contribution < -0.4 is 0 Å². The Kier molecular flexibility index (Phi) is 7.54. The first kappa shape index (κ1) is 13.5. The zero-order valence-corrected chi connectivity index (χ0v) is 10.0. The standard InChI is InChI=1S/C12H24O2/c1-5-6-10(2)9-11(3)7-8-12(13)14-4/h10-11H,5-9H2,1-4H3. The summed E-state index contributed by atoms with van der Waals surface area (Å²) in [6.45, 7) is 6.73. The summed E-state index contributed by atoms with van der Waals surface area (Å²) in [7, 11) is 1.45. The van der Waals surface area contributed by atoms with Gasteiger partial charge in [0.2, 0.25) is 0 Å². The van der Waals surface area contributed by atoms with Crippen molar-refractivity contribution in [3.05, 3.63) is 0 Å². The van der Waals surface area contributed by atoms with Crippen LogP contribution >= 0.6 is 0 Å². The van der Waals surface area contributed by atoms with E-state index < -0.39 is 0 Å². The second-order valence-electron chi connectivity index (χ2n) is 4.35. The van der Waals surface area contributed by atoms with Crippen LogP contribution in [0.4, 0.5) is 0 Å². The molecule has 0 aromatic heterocycles. The van der Waals surface area contributed by atoms with E-state index in [0.29, 0.717) is 12.3 Å². The first-order valence-corrected chi connectivity index (χ1v) is 5.66. The molecule has 0 aromatic rings. The zero-order valence-electron chi connectivity index (χ0n) is 10.0. The van der Waals surface area contributed by atoms with Gasteiger partial charge in [-0.2, -0.15) is 0 Å². The number of esters is 1. The molecule has 0 aromatic carbocycles. The molecule has 14 heavy (non-hydrogen) atoms. The van der Waals surface area contributed by atoms with E-state index in [4.69, 9.17) is 0 Å². The lowest BCUT2D eigenvalue weighted by atomic mass is 9.91. The van der Waals surface area contributed by atoms with Gasteiger partial charge in [0.1, 0.15) is 0 Å². The summed E-state index contributed by atoms with van der Waals surface area (Å²) in [6.07, 6.45) is 5.30. The summed E-state index contributed by atoms with van der Waals surface area (Å²) < 4.78 is 4.61. The Morgan fingerprint density at radius 1 is 1.21 bits per heavy atom. The van der Waals surface area contributed by atoms with Crippen LogP contribution in [0.3, 0.4) is 0 Å². The summed E-state index contributed by atoms with van der Waals surface area (Å²) in [6, 6.07) is 0. The van der Waals surface area contributed by atoms with Gasteiger partial charge in [0.25, 0.3) is 0 Å². The van der Waals surface area contributed by atoms with E-state index in [9.17, 15) is 4.79 Å². The van der Waals surface area contributed by atoms with Crippen LogP contribution in [0.15, 0.2) is 0 Å². The summed E-state index contributed by atoms with van der Waals surface area (Å²) in [5, 5.41) is 0. The topological polar surface area (TPSA) is 26.3 Å². The average molecular weight is 200 g/mol. The zero-order chi connectivity index (χ0) is 11.0. The Hall–Kier alpha value is -0.530. The molecule has 0 saturated carbocycles. The number of carbonyl (C=O) groups is 1. The maximum absolute atomic E-state index is 10.9. The van der Waals surface area contributed by atoms with Crippen molar-refractivity contribution in [2.75, 3.05) is 7.11 Å². The van der Waals surface area contributed by atoms with Crippen LogP contribution in [0, 0.1) is 11.8 Å². The largest absolute Gasteiger partial charge is 0.469 e. The third-order valence-corrected chi connectivity index (χ3v) is 2.66. The molecule has 2 nitrogen and oxygen atoms in total. The van der Waals surface area contributed by atoms with E-state index in [1.807, 2.05) is 0 Å². The Morgan fingerprint density at radius 3 is 2.29 bits per heavy atom. The Bertz CT molecular complexity index is 154. The van der Waals surface area contributed by atoms with Crippen molar-refractivity contribution in [1.82, 2.24) is 0 Å². The number of hydrogen-bond donors (Lipinski definition) is 0. The molecule has 0 amide bonds. The molecule has 2 heteroatoms. The fourth-order valence-electron chi connectivity index (χ4n) is 1.88. The predicted octanol–water partition coefficient (Wildman–Crippen LogP) is 3.40. The third kappa shape index (κ3) is 6.93. The highest BCUT2D eigenvalue weighted by Gasteiger charge is 2.10. The van der Waals surface area contributed by atoms with E-state index in [0.717, 1.165) is 12.3 Å². The first-order valence-electron chi connectivity index (χ1n) is 5.66. The van der Waals surface area contributed by atoms with E-state index in [-0.39, 0.29) is 5.97 Å². The lowest BCUT2D eigenvalue weighted by Crippen LogP contribution is -2.07. The third-order valence-electron chi connectivity index (χ3n) is 2.66. The van der Waals surface area contributed by atoms with Crippen molar-refractivity contribution < 1.29 is 9.53 Å². The first-order chi connectivity index (χ1) is 6.60. The second kappa shape index (κ2) is 7.84. The van der Waals surface area contributed by atoms with E-state index in [1.165, 1.54) is 26.4 Å². The number of hydrogen-bond acceptors (Lipinski definition) is 2. The molecule has 0 aliphatic heterocycles. The lowest BCUT2D eigenvalue weighted by molar-refractivity contribution is -0.140. The SMILES string of the molecule is CCCC(C)CC(C)CCC(=O)OC. The van der Waals surface area contributed by atoms with Gasteiger partial charge in [-0.05, 0) is 24.7 Å². The van der Waals surface area contributed by atoms with Crippen molar-refractivity contribution >= 4 is 5.97 Å². The number of ether oxygens (including phenoxy) is 1. The highest BCUT2D eigenvalue weighted by molar-refractivity contribution is 5.69. The molecular formula is C12H24O2. The summed E-state index contributed by atoms with van der Waals surface area (Å²) in [5.41, 5.74) is 0. The number of methoxy groups -OCH3 is 1. The molecule has 0 bridgehead atoms. The minimum absolute atomic E-state index is 0.0833. The van der Waals surface area contributed by atoms with Crippen molar-refractivity contribution in [1.29, 1.82) is 0 Å². The minimum Gasteiger partial charge on any atom is -0.469 e. The highest BCUT2D eigenvalue weighted by atomic mass is 16.5. The van der Waals surface area contributed by atoms with E-state index in [1.54, 1.807) is 0 Å². The number of rotatable bonds is 7. The normalized spacial score (nSPS) is 14.9. The van der Waals surface area contributed by atoms with Crippen molar-refractivity contribution in [2.24, 2.45) is 11.8 Å². The molecule has 0 aliphatic rings. The van der Waals surface area contributed by atoms with Crippen molar-refractivity contribution in [3.8, 4) is 0 Å². The quantitative estimate of drug-likeness (QED) is 0.589. The van der Waals surface area contributed by atoms with Gasteiger partial charge in [0.05, 0.1) is 7.11 Å². The van der Waals surface area contributed by atoms with Crippen LogP contribution in [0.25, 0.3) is 0 Å². The summed E-state index contributed by atoms with van der Waals surface area (Å²) in [5.74, 6) is 1.34. The average Bonchev–Trinajstić information content (AvgIpc) is 2.14. The fraction of sp³-hybridized carbons (Fsp3) is 0.917. The van der Waals surface area contributed by atoms with Crippen LogP contribution in [0.1, 0.15) is 52.9 Å².